The Labute approximate surface area is 103 Å². The quantitative estimate of drug-likeness (QED) is 0.861. The van der Waals surface area contributed by atoms with E-state index in [4.69, 9.17) is 16.1 Å². The van der Waals surface area contributed by atoms with E-state index in [2.05, 4.69) is 15.8 Å². The Morgan fingerprint density at radius 2 is 2.18 bits per heavy atom. The second-order valence-electron chi connectivity index (χ2n) is 3.42. The molecule has 0 aliphatic carbocycles. The Kier molecular flexibility index (Phi) is 3.30. The molecule has 6 heteroatoms. The number of anilines is 2. The van der Waals surface area contributed by atoms with Gasteiger partial charge in [-0.25, -0.2) is 4.79 Å². The highest BCUT2D eigenvalue weighted by Gasteiger charge is 2.05. The smallest absolute Gasteiger partial charge is 0.326 e. The average Bonchev–Trinajstić information content (AvgIpc) is 2.76. The first-order valence-corrected chi connectivity index (χ1v) is 5.28. The van der Waals surface area contributed by atoms with Gasteiger partial charge in [0.15, 0.2) is 0 Å². The van der Waals surface area contributed by atoms with Gasteiger partial charge in [0.2, 0.25) is 5.88 Å². The van der Waals surface area contributed by atoms with Crippen LogP contribution in [0, 0.1) is 6.92 Å². The van der Waals surface area contributed by atoms with E-state index in [9.17, 15) is 4.79 Å². The first-order valence-electron chi connectivity index (χ1n) is 4.90. The Balaban J connectivity index is 2.00. The van der Waals surface area contributed by atoms with E-state index in [-0.39, 0.29) is 5.88 Å². The fourth-order valence-electron chi connectivity index (χ4n) is 1.23. The molecule has 1 aromatic heterocycles. The molecule has 0 atom stereocenters. The Morgan fingerprint density at radius 1 is 1.35 bits per heavy atom. The van der Waals surface area contributed by atoms with Crippen molar-refractivity contribution < 1.29 is 9.32 Å². The van der Waals surface area contributed by atoms with Gasteiger partial charge in [0.05, 0.1) is 6.20 Å². The van der Waals surface area contributed by atoms with Crippen LogP contribution in [0.4, 0.5) is 16.4 Å². The van der Waals surface area contributed by atoms with Crippen molar-refractivity contribution in [3.05, 3.63) is 41.0 Å². The molecule has 0 unspecified atom stereocenters. The van der Waals surface area contributed by atoms with E-state index in [0.29, 0.717) is 10.7 Å². The van der Waals surface area contributed by atoms with Gasteiger partial charge in [-0.1, -0.05) is 22.8 Å². The molecule has 2 aromatic rings. The predicted octanol–water partition coefficient (Wildman–Crippen LogP) is 3.28. The van der Waals surface area contributed by atoms with Crippen molar-refractivity contribution in [2.75, 3.05) is 10.6 Å². The van der Waals surface area contributed by atoms with Crippen LogP contribution in [0.1, 0.15) is 5.56 Å². The largest absolute Gasteiger partial charge is 0.338 e. The Hall–Kier alpha value is -2.01. The number of halogens is 1. The second kappa shape index (κ2) is 4.88. The van der Waals surface area contributed by atoms with Crippen molar-refractivity contribution in [1.82, 2.24) is 5.16 Å². The van der Waals surface area contributed by atoms with Crippen molar-refractivity contribution in [3.63, 3.8) is 0 Å². The second-order valence-corrected chi connectivity index (χ2v) is 3.83. The molecule has 0 bridgehead atoms. The van der Waals surface area contributed by atoms with E-state index >= 15 is 0 Å². The van der Waals surface area contributed by atoms with Gasteiger partial charge in [-0.2, -0.15) is 0 Å². The maximum absolute atomic E-state index is 11.5. The maximum atomic E-state index is 11.5. The molecule has 2 rings (SSSR count). The minimum Gasteiger partial charge on any atom is -0.338 e. The minimum absolute atomic E-state index is 0.278. The lowest BCUT2D eigenvalue weighted by molar-refractivity contribution is 0.261. The number of benzene rings is 1. The average molecular weight is 252 g/mol. The molecule has 2 amide bonds. The standard InChI is InChI=1S/C11H10ClN3O2/c1-7-2-3-8(6-9(7)12)14-11(16)15-10-4-5-13-17-10/h2-6H,1H3,(H2,14,15,16). The van der Waals surface area contributed by atoms with Gasteiger partial charge in [-0.05, 0) is 24.6 Å². The SMILES string of the molecule is Cc1ccc(NC(=O)Nc2ccno2)cc1Cl. The molecule has 1 aromatic carbocycles. The molecule has 0 radical (unpaired) electrons. The van der Waals surface area contributed by atoms with Crippen LogP contribution in [-0.4, -0.2) is 11.2 Å². The van der Waals surface area contributed by atoms with Crippen molar-refractivity contribution in [2.24, 2.45) is 0 Å². The molecule has 0 saturated heterocycles. The number of carbonyl (C=O) groups is 1. The van der Waals surface area contributed by atoms with E-state index < -0.39 is 6.03 Å². The number of nitrogens with zero attached hydrogens (tertiary/aromatic N) is 1. The minimum atomic E-state index is -0.415. The number of rotatable bonds is 2. The van der Waals surface area contributed by atoms with Gasteiger partial charge in [-0.3, -0.25) is 5.32 Å². The fourth-order valence-corrected chi connectivity index (χ4v) is 1.41. The zero-order valence-electron chi connectivity index (χ0n) is 9.03. The third-order valence-corrected chi connectivity index (χ3v) is 2.51. The topological polar surface area (TPSA) is 67.2 Å². The van der Waals surface area contributed by atoms with Gasteiger partial charge >= 0.3 is 6.03 Å². The van der Waals surface area contributed by atoms with E-state index in [1.54, 1.807) is 18.2 Å². The van der Waals surface area contributed by atoms with Crippen molar-refractivity contribution in [2.45, 2.75) is 6.92 Å². The van der Waals surface area contributed by atoms with Crippen molar-refractivity contribution >= 4 is 29.2 Å². The molecule has 0 spiro atoms. The zero-order chi connectivity index (χ0) is 12.3. The summed E-state index contributed by atoms with van der Waals surface area (Å²) in [6.45, 7) is 1.89. The fraction of sp³-hybridized carbons (Fsp3) is 0.0909. The number of urea groups is 1. The maximum Gasteiger partial charge on any atom is 0.326 e. The predicted molar refractivity (Wildman–Crippen MR) is 65.3 cm³/mol. The first-order chi connectivity index (χ1) is 8.15. The van der Waals surface area contributed by atoms with E-state index in [1.807, 2.05) is 13.0 Å². The first kappa shape index (κ1) is 11.5. The summed E-state index contributed by atoms with van der Waals surface area (Å²) >= 11 is 5.94. The number of hydrogen-bond acceptors (Lipinski definition) is 3. The molecule has 88 valence electrons. The van der Waals surface area contributed by atoms with Crippen LogP contribution in [-0.2, 0) is 0 Å². The summed E-state index contributed by atoms with van der Waals surface area (Å²) < 4.78 is 4.74. The molecule has 2 N–H and O–H groups in total. The van der Waals surface area contributed by atoms with Gasteiger partial charge in [0, 0.05) is 16.8 Å². The summed E-state index contributed by atoms with van der Waals surface area (Å²) in [5.74, 6) is 0.278. The van der Waals surface area contributed by atoms with Crippen LogP contribution in [0.5, 0.6) is 0 Å². The van der Waals surface area contributed by atoms with Crippen LogP contribution < -0.4 is 10.6 Å². The molecule has 0 aliphatic rings. The Morgan fingerprint density at radius 3 is 2.82 bits per heavy atom. The monoisotopic (exact) mass is 251 g/mol. The lowest BCUT2D eigenvalue weighted by Gasteiger charge is -2.06. The number of aromatic nitrogens is 1. The molecule has 0 saturated carbocycles. The van der Waals surface area contributed by atoms with Crippen molar-refractivity contribution in [3.8, 4) is 0 Å². The highest BCUT2D eigenvalue weighted by molar-refractivity contribution is 6.31. The van der Waals surface area contributed by atoms with Crippen LogP contribution in [0.2, 0.25) is 5.02 Å². The van der Waals surface area contributed by atoms with Crippen LogP contribution >= 0.6 is 11.6 Å². The molecule has 1 heterocycles. The molecular weight excluding hydrogens is 242 g/mol. The number of nitrogens with one attached hydrogen (secondary N) is 2. The number of amides is 2. The molecule has 17 heavy (non-hydrogen) atoms. The van der Waals surface area contributed by atoms with E-state index in [1.165, 1.54) is 6.20 Å². The lowest BCUT2D eigenvalue weighted by Crippen LogP contribution is -2.19. The van der Waals surface area contributed by atoms with Gasteiger partial charge in [0.25, 0.3) is 0 Å². The summed E-state index contributed by atoms with van der Waals surface area (Å²) in [6.07, 6.45) is 1.44. The lowest BCUT2D eigenvalue weighted by atomic mass is 10.2. The van der Waals surface area contributed by atoms with E-state index in [0.717, 1.165) is 5.56 Å². The summed E-state index contributed by atoms with van der Waals surface area (Å²) in [4.78, 5) is 11.5. The van der Waals surface area contributed by atoms with Crippen molar-refractivity contribution in [1.29, 1.82) is 0 Å². The van der Waals surface area contributed by atoms with Gasteiger partial charge < -0.3 is 9.84 Å². The third-order valence-electron chi connectivity index (χ3n) is 2.10. The number of hydrogen-bond donors (Lipinski definition) is 2. The highest BCUT2D eigenvalue weighted by atomic mass is 35.5. The zero-order valence-corrected chi connectivity index (χ0v) is 9.78. The van der Waals surface area contributed by atoms with Gasteiger partial charge in [0.1, 0.15) is 0 Å². The van der Waals surface area contributed by atoms with Gasteiger partial charge in [-0.15, -0.1) is 0 Å². The third kappa shape index (κ3) is 2.98. The van der Waals surface area contributed by atoms with Crippen LogP contribution in [0.15, 0.2) is 35.0 Å². The summed E-state index contributed by atoms with van der Waals surface area (Å²) in [7, 11) is 0. The Bertz CT molecular complexity index is 526. The summed E-state index contributed by atoms with van der Waals surface area (Å²) in [6, 6.07) is 6.40. The molecule has 0 fully saturated rings. The summed E-state index contributed by atoms with van der Waals surface area (Å²) in [5, 5.41) is 9.18. The highest BCUT2D eigenvalue weighted by Crippen LogP contribution is 2.20. The summed E-state index contributed by atoms with van der Waals surface area (Å²) in [5.41, 5.74) is 1.56. The van der Waals surface area contributed by atoms with Crippen LogP contribution in [0.25, 0.3) is 0 Å². The molecular formula is C11H10ClN3O2. The normalized spacial score (nSPS) is 10.0. The van der Waals surface area contributed by atoms with Crippen LogP contribution in [0.3, 0.4) is 0 Å². The molecule has 5 nitrogen and oxygen atoms in total. The molecule has 0 aliphatic heterocycles. The number of aryl methyl sites for hydroxylation is 1. The number of carbonyl (C=O) groups excluding carboxylic acids is 1.